The first-order valence-corrected chi connectivity index (χ1v) is 7.98. The summed E-state index contributed by atoms with van der Waals surface area (Å²) in [7, 11) is 2.13. The van der Waals surface area contributed by atoms with Gasteiger partial charge in [0.15, 0.2) is 0 Å². The fraction of sp³-hybridized carbons (Fsp3) is 0.400. The highest BCUT2D eigenvalue weighted by Crippen LogP contribution is 2.16. The molecule has 0 aliphatic carbocycles. The number of nitrogens with zero attached hydrogens (tertiary/aromatic N) is 1. The number of rotatable bonds is 3. The molecule has 0 amide bonds. The van der Waals surface area contributed by atoms with E-state index in [1.54, 1.807) is 0 Å². The van der Waals surface area contributed by atoms with Crippen molar-refractivity contribution in [3.05, 3.63) is 65.2 Å². The standard InChI is InChI=1S/C16H19N.2C2H6/c1-13-4-8-15(9-5-13)12-17(3)16-10-6-14(2)7-11-16;2*1-2/h4-11H,12H2,1-3H3;2*1-2H3. The summed E-state index contributed by atoms with van der Waals surface area (Å²) in [4.78, 5) is 2.27. The minimum Gasteiger partial charge on any atom is -0.370 e. The van der Waals surface area contributed by atoms with Crippen LogP contribution in [0.3, 0.4) is 0 Å². The largest absolute Gasteiger partial charge is 0.370 e. The van der Waals surface area contributed by atoms with Gasteiger partial charge < -0.3 is 4.90 Å². The van der Waals surface area contributed by atoms with Gasteiger partial charge >= 0.3 is 0 Å². The molecule has 0 saturated heterocycles. The monoisotopic (exact) mass is 285 g/mol. The van der Waals surface area contributed by atoms with Crippen LogP contribution in [0.1, 0.15) is 44.4 Å². The van der Waals surface area contributed by atoms with Crippen LogP contribution in [-0.4, -0.2) is 7.05 Å². The van der Waals surface area contributed by atoms with Gasteiger partial charge in [-0.15, -0.1) is 0 Å². The molecule has 21 heavy (non-hydrogen) atoms. The molecule has 0 bridgehead atoms. The second-order valence-electron chi connectivity index (χ2n) is 4.68. The number of benzene rings is 2. The Labute approximate surface area is 131 Å². The molecule has 0 saturated carbocycles. The maximum Gasteiger partial charge on any atom is 0.0426 e. The van der Waals surface area contributed by atoms with E-state index in [1.807, 2.05) is 27.7 Å². The minimum atomic E-state index is 0.948. The van der Waals surface area contributed by atoms with E-state index in [9.17, 15) is 0 Å². The zero-order chi connectivity index (χ0) is 16.3. The van der Waals surface area contributed by atoms with Gasteiger partial charge in [-0.1, -0.05) is 75.2 Å². The van der Waals surface area contributed by atoms with Crippen LogP contribution in [0, 0.1) is 13.8 Å². The van der Waals surface area contributed by atoms with Gasteiger partial charge in [0.2, 0.25) is 0 Å². The smallest absolute Gasteiger partial charge is 0.0426 e. The molecule has 2 aromatic rings. The Balaban J connectivity index is 0.000000921. The lowest BCUT2D eigenvalue weighted by Crippen LogP contribution is -2.16. The molecule has 0 heterocycles. The van der Waals surface area contributed by atoms with Crippen LogP contribution in [0.5, 0.6) is 0 Å². The third kappa shape index (κ3) is 6.99. The zero-order valence-electron chi connectivity index (χ0n) is 14.8. The molecule has 0 aliphatic rings. The van der Waals surface area contributed by atoms with Crippen molar-refractivity contribution >= 4 is 5.69 Å². The summed E-state index contributed by atoms with van der Waals surface area (Å²) in [6.45, 7) is 13.2. The van der Waals surface area contributed by atoms with Crippen molar-refractivity contribution in [1.82, 2.24) is 0 Å². The van der Waals surface area contributed by atoms with Crippen molar-refractivity contribution < 1.29 is 0 Å². The second-order valence-corrected chi connectivity index (χ2v) is 4.68. The van der Waals surface area contributed by atoms with E-state index in [-0.39, 0.29) is 0 Å². The molecule has 0 N–H and O–H groups in total. The highest BCUT2D eigenvalue weighted by molar-refractivity contribution is 5.47. The minimum absolute atomic E-state index is 0.948. The molecule has 0 fully saturated rings. The van der Waals surface area contributed by atoms with Crippen molar-refractivity contribution in [3.8, 4) is 0 Å². The quantitative estimate of drug-likeness (QED) is 0.669. The first-order chi connectivity index (χ1) is 10.1. The topological polar surface area (TPSA) is 3.24 Å². The molecule has 1 nitrogen and oxygen atoms in total. The summed E-state index contributed by atoms with van der Waals surface area (Å²) < 4.78 is 0. The summed E-state index contributed by atoms with van der Waals surface area (Å²) in [5, 5.41) is 0. The van der Waals surface area contributed by atoms with Gasteiger partial charge in [0.25, 0.3) is 0 Å². The van der Waals surface area contributed by atoms with Gasteiger partial charge in [-0.3, -0.25) is 0 Å². The van der Waals surface area contributed by atoms with E-state index < -0.39 is 0 Å². The van der Waals surface area contributed by atoms with Gasteiger partial charge in [-0.05, 0) is 31.5 Å². The molecular weight excluding hydrogens is 254 g/mol. The maximum absolute atomic E-state index is 2.27. The Morgan fingerprint density at radius 1 is 0.667 bits per heavy atom. The number of anilines is 1. The lowest BCUT2D eigenvalue weighted by molar-refractivity contribution is 0.922. The SMILES string of the molecule is CC.CC.Cc1ccc(CN(C)c2ccc(C)cc2)cc1. The summed E-state index contributed by atoms with van der Waals surface area (Å²) in [5.74, 6) is 0. The molecular formula is C20H31N. The zero-order valence-corrected chi connectivity index (χ0v) is 14.8. The van der Waals surface area contributed by atoms with E-state index >= 15 is 0 Å². The Bertz CT molecular complexity index is 468. The molecule has 0 radical (unpaired) electrons. The third-order valence-electron chi connectivity index (χ3n) is 3.02. The lowest BCUT2D eigenvalue weighted by Gasteiger charge is -2.19. The van der Waals surface area contributed by atoms with Crippen LogP contribution in [0.2, 0.25) is 0 Å². The molecule has 2 rings (SSSR count). The van der Waals surface area contributed by atoms with E-state index in [1.165, 1.54) is 22.4 Å². The molecule has 1 heteroatoms. The normalized spacial score (nSPS) is 8.90. The summed E-state index contributed by atoms with van der Waals surface area (Å²) in [5.41, 5.74) is 5.22. The fourth-order valence-electron chi connectivity index (χ4n) is 1.86. The van der Waals surface area contributed by atoms with Crippen molar-refractivity contribution in [1.29, 1.82) is 0 Å². The van der Waals surface area contributed by atoms with Crippen LogP contribution in [0.25, 0.3) is 0 Å². The molecule has 2 aromatic carbocycles. The van der Waals surface area contributed by atoms with Gasteiger partial charge in [-0.25, -0.2) is 0 Å². The number of hydrogen-bond donors (Lipinski definition) is 0. The van der Waals surface area contributed by atoms with Gasteiger partial charge in [0.1, 0.15) is 0 Å². The Morgan fingerprint density at radius 3 is 1.48 bits per heavy atom. The number of aryl methyl sites for hydroxylation is 2. The van der Waals surface area contributed by atoms with Crippen molar-refractivity contribution in [2.45, 2.75) is 48.1 Å². The first kappa shape index (κ1) is 19.2. The Kier molecular flexibility index (Phi) is 10.0. The Morgan fingerprint density at radius 2 is 1.05 bits per heavy atom. The first-order valence-electron chi connectivity index (χ1n) is 7.98. The average Bonchev–Trinajstić information content (AvgIpc) is 2.54. The maximum atomic E-state index is 2.27. The summed E-state index contributed by atoms with van der Waals surface area (Å²) in [6.07, 6.45) is 0. The van der Waals surface area contributed by atoms with Crippen LogP contribution >= 0.6 is 0 Å². The van der Waals surface area contributed by atoms with E-state index in [0.717, 1.165) is 6.54 Å². The predicted molar refractivity (Wildman–Crippen MR) is 97.2 cm³/mol. The van der Waals surface area contributed by atoms with Gasteiger partial charge in [-0.2, -0.15) is 0 Å². The van der Waals surface area contributed by atoms with Crippen molar-refractivity contribution in [2.24, 2.45) is 0 Å². The van der Waals surface area contributed by atoms with E-state index in [2.05, 4.69) is 74.3 Å². The van der Waals surface area contributed by atoms with Crippen LogP contribution in [-0.2, 0) is 6.54 Å². The van der Waals surface area contributed by atoms with E-state index in [4.69, 9.17) is 0 Å². The van der Waals surface area contributed by atoms with Gasteiger partial charge in [0, 0.05) is 19.3 Å². The third-order valence-corrected chi connectivity index (χ3v) is 3.02. The average molecular weight is 285 g/mol. The van der Waals surface area contributed by atoms with Gasteiger partial charge in [0.05, 0.1) is 0 Å². The summed E-state index contributed by atoms with van der Waals surface area (Å²) in [6, 6.07) is 17.4. The van der Waals surface area contributed by atoms with Crippen LogP contribution in [0.15, 0.2) is 48.5 Å². The summed E-state index contributed by atoms with van der Waals surface area (Å²) >= 11 is 0. The second kappa shape index (κ2) is 11.0. The molecule has 0 unspecified atom stereocenters. The number of hydrogen-bond acceptors (Lipinski definition) is 1. The highest BCUT2D eigenvalue weighted by Gasteiger charge is 2.01. The van der Waals surface area contributed by atoms with Crippen LogP contribution < -0.4 is 4.90 Å². The molecule has 0 atom stereocenters. The molecule has 0 aliphatic heterocycles. The predicted octanol–water partition coefficient (Wildman–Crippen LogP) is 5.99. The van der Waals surface area contributed by atoms with E-state index in [0.29, 0.717) is 0 Å². The fourth-order valence-corrected chi connectivity index (χ4v) is 1.86. The molecule has 0 aromatic heterocycles. The van der Waals surface area contributed by atoms with Crippen molar-refractivity contribution in [3.63, 3.8) is 0 Å². The highest BCUT2D eigenvalue weighted by atomic mass is 15.1. The van der Waals surface area contributed by atoms with Crippen LogP contribution in [0.4, 0.5) is 5.69 Å². The molecule has 116 valence electrons. The molecule has 0 spiro atoms. The Hall–Kier alpha value is -1.76. The van der Waals surface area contributed by atoms with Crippen molar-refractivity contribution in [2.75, 3.05) is 11.9 Å². The lowest BCUT2D eigenvalue weighted by atomic mass is 10.1.